The number of hydrogen-bond donors (Lipinski definition) is 3. The third-order valence-electron chi connectivity index (χ3n) is 7.42. The van der Waals surface area contributed by atoms with Crippen LogP contribution in [0.5, 0.6) is 5.75 Å². The van der Waals surface area contributed by atoms with Gasteiger partial charge in [0.15, 0.2) is 0 Å². The summed E-state index contributed by atoms with van der Waals surface area (Å²) in [6.07, 6.45) is 0.438. The number of aromatic hydroxyl groups is 1. The summed E-state index contributed by atoms with van der Waals surface area (Å²) in [5, 5.41) is 16.1. The lowest BCUT2D eigenvalue weighted by molar-refractivity contribution is -0.143. The van der Waals surface area contributed by atoms with Crippen molar-refractivity contribution in [1.29, 1.82) is 0 Å². The van der Waals surface area contributed by atoms with E-state index < -0.39 is 23.4 Å². The zero-order valence-electron chi connectivity index (χ0n) is 18.8. The van der Waals surface area contributed by atoms with E-state index >= 15 is 0 Å². The topological polar surface area (TPSA) is 108 Å². The molecule has 2 aromatic rings. The maximum absolute atomic E-state index is 13.6. The highest BCUT2D eigenvalue weighted by Crippen LogP contribution is 2.54. The molecule has 0 unspecified atom stereocenters. The Balaban J connectivity index is 1.62. The van der Waals surface area contributed by atoms with E-state index in [0.717, 1.165) is 16.7 Å². The number of fused-ring (bicyclic) bond motifs is 4. The van der Waals surface area contributed by atoms with E-state index in [4.69, 9.17) is 4.74 Å². The number of rotatable bonds is 5. The fraction of sp³-hybridized carbons (Fsp3) is 0.400. The van der Waals surface area contributed by atoms with Crippen molar-refractivity contribution in [1.82, 2.24) is 10.2 Å². The molecule has 3 heterocycles. The van der Waals surface area contributed by atoms with Gasteiger partial charge in [0.1, 0.15) is 11.3 Å². The minimum Gasteiger partial charge on any atom is -0.508 e. The lowest BCUT2D eigenvalue weighted by Gasteiger charge is -2.29. The minimum atomic E-state index is -1.31. The standard InChI is InChI=1S/C25H27N3O5/c1-13-4-9-17-21(14(13)2)26-24(32)25(17)20-19(22(30)28(23(20)31)10-11-33-3)18(27-25)12-15-5-7-16(29)8-6-15/h4-9,18-20,27,29H,10-12H2,1-3H3,(H,26,32)/t18-,19-,20+,25-/m1/s1. The van der Waals surface area contributed by atoms with Crippen LogP contribution >= 0.6 is 0 Å². The Morgan fingerprint density at radius 2 is 1.79 bits per heavy atom. The molecule has 3 aliphatic rings. The number of ether oxygens (including phenoxy) is 1. The van der Waals surface area contributed by atoms with Crippen LogP contribution in [0.15, 0.2) is 36.4 Å². The highest BCUT2D eigenvalue weighted by atomic mass is 16.5. The van der Waals surface area contributed by atoms with E-state index in [1.54, 1.807) is 24.3 Å². The predicted molar refractivity (Wildman–Crippen MR) is 121 cm³/mol. The molecule has 2 fully saturated rings. The van der Waals surface area contributed by atoms with E-state index in [2.05, 4.69) is 10.6 Å². The molecule has 4 atom stereocenters. The van der Waals surface area contributed by atoms with Crippen LogP contribution < -0.4 is 10.6 Å². The number of aryl methyl sites for hydroxylation is 1. The molecule has 8 heteroatoms. The number of carbonyl (C=O) groups is 3. The lowest BCUT2D eigenvalue weighted by atomic mass is 9.75. The summed E-state index contributed by atoms with van der Waals surface area (Å²) in [6, 6.07) is 10.2. The molecule has 33 heavy (non-hydrogen) atoms. The SMILES string of the molecule is COCCN1C(=O)[C@H]2[C@@H](C1=O)[C@@]1(N[C@@H]2Cc2ccc(O)cc2)C(=O)Nc2c1ccc(C)c2C. The summed E-state index contributed by atoms with van der Waals surface area (Å²) < 4.78 is 5.11. The van der Waals surface area contributed by atoms with E-state index in [9.17, 15) is 19.5 Å². The Bertz CT molecular complexity index is 1160. The zero-order chi connectivity index (χ0) is 23.5. The Morgan fingerprint density at radius 3 is 2.48 bits per heavy atom. The first-order valence-corrected chi connectivity index (χ1v) is 11.1. The molecule has 0 radical (unpaired) electrons. The van der Waals surface area contributed by atoms with Crippen LogP contribution in [0.2, 0.25) is 0 Å². The van der Waals surface area contributed by atoms with Gasteiger partial charge < -0.3 is 15.2 Å². The number of methoxy groups -OCH3 is 1. The number of phenols is 1. The van der Waals surface area contributed by atoms with Crippen molar-refractivity contribution < 1.29 is 24.2 Å². The Morgan fingerprint density at radius 1 is 1.06 bits per heavy atom. The largest absolute Gasteiger partial charge is 0.508 e. The molecular formula is C25H27N3O5. The average molecular weight is 450 g/mol. The zero-order valence-corrected chi connectivity index (χ0v) is 18.8. The van der Waals surface area contributed by atoms with Crippen molar-refractivity contribution in [2.24, 2.45) is 11.8 Å². The molecule has 172 valence electrons. The number of amides is 3. The van der Waals surface area contributed by atoms with Crippen LogP contribution in [0.1, 0.15) is 22.3 Å². The van der Waals surface area contributed by atoms with Crippen molar-refractivity contribution in [3.05, 3.63) is 58.7 Å². The van der Waals surface area contributed by atoms with E-state index in [1.165, 1.54) is 12.0 Å². The molecule has 3 aliphatic heterocycles. The monoisotopic (exact) mass is 449 g/mol. The van der Waals surface area contributed by atoms with Gasteiger partial charge in [-0.2, -0.15) is 0 Å². The number of nitrogens with zero attached hydrogens (tertiary/aromatic N) is 1. The van der Waals surface area contributed by atoms with Gasteiger partial charge in [-0.25, -0.2) is 0 Å². The van der Waals surface area contributed by atoms with E-state index in [-0.39, 0.29) is 36.6 Å². The van der Waals surface area contributed by atoms with Gasteiger partial charge in [0.25, 0.3) is 0 Å². The van der Waals surface area contributed by atoms with Gasteiger partial charge in [0.2, 0.25) is 17.7 Å². The number of nitrogens with one attached hydrogen (secondary N) is 2. The number of anilines is 1. The molecule has 0 aromatic heterocycles. The molecule has 0 saturated carbocycles. The van der Waals surface area contributed by atoms with Gasteiger partial charge in [-0.15, -0.1) is 0 Å². The summed E-state index contributed by atoms with van der Waals surface area (Å²) >= 11 is 0. The molecule has 0 aliphatic carbocycles. The maximum atomic E-state index is 13.6. The number of likely N-dealkylation sites (tertiary alicyclic amines) is 1. The van der Waals surface area contributed by atoms with Crippen LogP contribution in [-0.2, 0) is 31.1 Å². The number of imide groups is 1. The fourth-order valence-electron chi connectivity index (χ4n) is 5.64. The van der Waals surface area contributed by atoms with Gasteiger partial charge in [-0.3, -0.25) is 24.6 Å². The number of hydrogen-bond acceptors (Lipinski definition) is 6. The maximum Gasteiger partial charge on any atom is 0.250 e. The summed E-state index contributed by atoms with van der Waals surface area (Å²) in [5.74, 6) is -2.29. The Labute approximate surface area is 191 Å². The van der Waals surface area contributed by atoms with Crippen molar-refractivity contribution in [2.45, 2.75) is 31.8 Å². The minimum absolute atomic E-state index is 0.153. The highest BCUT2D eigenvalue weighted by molar-refractivity contribution is 6.15. The van der Waals surface area contributed by atoms with Gasteiger partial charge in [-0.05, 0) is 49.1 Å². The second-order valence-electron chi connectivity index (χ2n) is 9.14. The number of benzene rings is 2. The second-order valence-corrected chi connectivity index (χ2v) is 9.14. The first-order valence-electron chi connectivity index (χ1n) is 11.1. The molecule has 2 aromatic carbocycles. The molecule has 3 amide bonds. The molecule has 1 spiro atoms. The molecule has 3 N–H and O–H groups in total. The molecule has 0 bridgehead atoms. The van der Waals surface area contributed by atoms with Crippen molar-refractivity contribution in [3.63, 3.8) is 0 Å². The van der Waals surface area contributed by atoms with Crippen molar-refractivity contribution in [3.8, 4) is 5.75 Å². The van der Waals surface area contributed by atoms with E-state index in [1.807, 2.05) is 26.0 Å². The predicted octanol–water partition coefficient (Wildman–Crippen LogP) is 1.62. The number of phenolic OH excluding ortho intramolecular Hbond substituents is 1. The molecular weight excluding hydrogens is 422 g/mol. The van der Waals surface area contributed by atoms with Crippen LogP contribution in [0.4, 0.5) is 5.69 Å². The highest BCUT2D eigenvalue weighted by Gasteiger charge is 2.70. The van der Waals surface area contributed by atoms with Gasteiger partial charge in [0, 0.05) is 24.4 Å². The Kier molecular flexibility index (Phi) is 5.02. The summed E-state index contributed by atoms with van der Waals surface area (Å²) in [4.78, 5) is 41.9. The summed E-state index contributed by atoms with van der Waals surface area (Å²) in [7, 11) is 1.52. The van der Waals surface area contributed by atoms with Crippen molar-refractivity contribution in [2.75, 3.05) is 25.6 Å². The Hall–Kier alpha value is -3.23. The first-order chi connectivity index (χ1) is 15.8. The van der Waals surface area contributed by atoms with Gasteiger partial charge in [0.05, 0.1) is 25.0 Å². The lowest BCUT2D eigenvalue weighted by Crippen LogP contribution is -2.53. The summed E-state index contributed by atoms with van der Waals surface area (Å²) in [5.41, 5.74) is 3.01. The first kappa shape index (κ1) is 21.6. The average Bonchev–Trinajstić information content (AvgIpc) is 3.36. The van der Waals surface area contributed by atoms with Crippen LogP contribution in [-0.4, -0.2) is 54.0 Å². The van der Waals surface area contributed by atoms with Crippen molar-refractivity contribution >= 4 is 23.4 Å². The van der Waals surface area contributed by atoms with Crippen LogP contribution in [0, 0.1) is 25.7 Å². The number of carbonyl (C=O) groups excluding carboxylic acids is 3. The van der Waals surface area contributed by atoms with Crippen LogP contribution in [0.25, 0.3) is 0 Å². The quantitative estimate of drug-likeness (QED) is 0.599. The van der Waals surface area contributed by atoms with Gasteiger partial charge in [-0.1, -0.05) is 24.3 Å². The molecule has 2 saturated heterocycles. The molecule has 5 rings (SSSR count). The van der Waals surface area contributed by atoms with Gasteiger partial charge >= 0.3 is 0 Å². The van der Waals surface area contributed by atoms with E-state index in [0.29, 0.717) is 17.7 Å². The fourth-order valence-corrected chi connectivity index (χ4v) is 5.64. The second kappa shape index (κ2) is 7.67. The third-order valence-corrected chi connectivity index (χ3v) is 7.42. The van der Waals surface area contributed by atoms with Crippen LogP contribution in [0.3, 0.4) is 0 Å². The third kappa shape index (κ3) is 3.01. The smallest absolute Gasteiger partial charge is 0.250 e. The summed E-state index contributed by atoms with van der Waals surface area (Å²) in [6.45, 7) is 4.31. The normalized spacial score (nSPS) is 27.9. The molecule has 8 nitrogen and oxygen atoms in total.